The van der Waals surface area contributed by atoms with Gasteiger partial charge in [0.15, 0.2) is 0 Å². The first-order chi connectivity index (χ1) is 12.7. The Labute approximate surface area is 175 Å². The molecule has 1 aromatic rings. The average Bonchev–Trinajstić information content (AvgIpc) is 2.60. The van der Waals surface area contributed by atoms with Crippen molar-refractivity contribution in [3.8, 4) is 0 Å². The van der Waals surface area contributed by atoms with E-state index < -0.39 is 15.9 Å². The van der Waals surface area contributed by atoms with Crippen LogP contribution in [0.5, 0.6) is 0 Å². The average molecular weight is 457 g/mol. The van der Waals surface area contributed by atoms with Gasteiger partial charge in [-0.2, -0.15) is 0 Å². The van der Waals surface area contributed by atoms with Gasteiger partial charge in [-0.05, 0) is 51.0 Å². The van der Waals surface area contributed by atoms with Crippen LogP contribution in [0.2, 0.25) is 15.1 Å². The Morgan fingerprint density at radius 2 is 1.74 bits per heavy atom. The molecular formula is C17H24Cl3N3O3S. The third-order valence-electron chi connectivity index (χ3n) is 4.37. The van der Waals surface area contributed by atoms with E-state index in [9.17, 15) is 13.2 Å². The third kappa shape index (κ3) is 6.98. The number of anilines is 1. The molecule has 1 aliphatic heterocycles. The summed E-state index contributed by atoms with van der Waals surface area (Å²) in [5.74, 6) is -0.402. The highest BCUT2D eigenvalue weighted by Crippen LogP contribution is 2.35. The van der Waals surface area contributed by atoms with Crippen molar-refractivity contribution in [3.63, 3.8) is 0 Å². The minimum atomic E-state index is -3.73. The predicted octanol–water partition coefficient (Wildman–Crippen LogP) is 3.41. The molecule has 0 aliphatic carbocycles. The van der Waals surface area contributed by atoms with Gasteiger partial charge >= 0.3 is 0 Å². The van der Waals surface area contributed by atoms with E-state index in [0.717, 1.165) is 36.6 Å². The first kappa shape index (κ1) is 22.6. The van der Waals surface area contributed by atoms with Crippen LogP contribution in [0.4, 0.5) is 5.69 Å². The normalized spacial score (nSPS) is 15.6. The van der Waals surface area contributed by atoms with Gasteiger partial charge in [-0.15, -0.1) is 0 Å². The van der Waals surface area contributed by atoms with Crippen LogP contribution in [0.15, 0.2) is 12.1 Å². The fraction of sp³-hybridized carbons (Fsp3) is 0.588. The number of amides is 1. The second-order valence-corrected chi connectivity index (χ2v) is 9.72. The van der Waals surface area contributed by atoms with Gasteiger partial charge in [0.25, 0.3) is 0 Å². The largest absolute Gasteiger partial charge is 0.354 e. The molecule has 0 saturated carbocycles. The quantitative estimate of drug-likeness (QED) is 0.481. The van der Waals surface area contributed by atoms with Gasteiger partial charge < -0.3 is 10.2 Å². The Morgan fingerprint density at radius 1 is 1.11 bits per heavy atom. The number of hydrogen-bond donors (Lipinski definition) is 1. The van der Waals surface area contributed by atoms with Crippen molar-refractivity contribution in [2.45, 2.75) is 25.7 Å². The van der Waals surface area contributed by atoms with Crippen molar-refractivity contribution in [2.75, 3.05) is 43.3 Å². The summed E-state index contributed by atoms with van der Waals surface area (Å²) in [7, 11) is -3.73. The fourth-order valence-electron chi connectivity index (χ4n) is 2.98. The van der Waals surface area contributed by atoms with E-state index in [1.165, 1.54) is 31.4 Å². The molecule has 1 N–H and O–H groups in total. The summed E-state index contributed by atoms with van der Waals surface area (Å²) >= 11 is 18.0. The van der Waals surface area contributed by atoms with Crippen molar-refractivity contribution >= 4 is 56.4 Å². The smallest absolute Gasteiger partial charge is 0.240 e. The predicted molar refractivity (Wildman–Crippen MR) is 112 cm³/mol. The highest BCUT2D eigenvalue weighted by atomic mass is 35.5. The van der Waals surface area contributed by atoms with Crippen molar-refractivity contribution in [2.24, 2.45) is 0 Å². The van der Waals surface area contributed by atoms with Crippen LogP contribution in [0, 0.1) is 0 Å². The molecule has 10 heteroatoms. The minimum Gasteiger partial charge on any atom is -0.354 e. The molecule has 152 valence electrons. The maximum atomic E-state index is 12.3. The van der Waals surface area contributed by atoms with E-state index in [0.29, 0.717) is 6.54 Å². The van der Waals surface area contributed by atoms with Gasteiger partial charge in [0, 0.05) is 6.54 Å². The molecule has 1 aliphatic rings. The molecule has 0 aromatic heterocycles. The van der Waals surface area contributed by atoms with E-state index in [-0.39, 0.29) is 27.3 Å². The Kier molecular flexibility index (Phi) is 8.49. The van der Waals surface area contributed by atoms with Crippen LogP contribution in [-0.4, -0.2) is 58.2 Å². The molecule has 2 rings (SSSR count). The van der Waals surface area contributed by atoms with Gasteiger partial charge in [0.1, 0.15) is 6.54 Å². The Hall–Kier alpha value is -0.730. The summed E-state index contributed by atoms with van der Waals surface area (Å²) in [5.41, 5.74) is 0.122. The lowest BCUT2D eigenvalue weighted by atomic mass is 10.1. The van der Waals surface area contributed by atoms with Crippen molar-refractivity contribution < 1.29 is 13.2 Å². The lowest BCUT2D eigenvalue weighted by Crippen LogP contribution is -2.41. The summed E-state index contributed by atoms with van der Waals surface area (Å²) in [5, 5.41) is 3.24. The van der Waals surface area contributed by atoms with Crippen LogP contribution in [0.1, 0.15) is 25.7 Å². The molecule has 0 unspecified atom stereocenters. The summed E-state index contributed by atoms with van der Waals surface area (Å²) in [6, 6.07) is 2.70. The fourth-order valence-corrected chi connectivity index (χ4v) is 4.54. The number of likely N-dealkylation sites (tertiary alicyclic amines) is 1. The van der Waals surface area contributed by atoms with Gasteiger partial charge in [-0.1, -0.05) is 41.2 Å². The molecule has 1 saturated heterocycles. The molecular weight excluding hydrogens is 433 g/mol. The number of rotatable bonds is 8. The van der Waals surface area contributed by atoms with Crippen molar-refractivity contribution in [1.82, 2.24) is 10.2 Å². The molecule has 0 spiro atoms. The monoisotopic (exact) mass is 455 g/mol. The molecule has 0 atom stereocenters. The number of sulfonamides is 1. The van der Waals surface area contributed by atoms with Crippen molar-refractivity contribution in [3.05, 3.63) is 27.2 Å². The summed E-state index contributed by atoms with van der Waals surface area (Å²) in [6.07, 6.45) is 5.56. The van der Waals surface area contributed by atoms with Gasteiger partial charge in [0.2, 0.25) is 15.9 Å². The molecule has 27 heavy (non-hydrogen) atoms. The second-order valence-electron chi connectivity index (χ2n) is 6.59. The molecule has 1 aromatic carbocycles. The first-order valence-electron chi connectivity index (χ1n) is 8.80. The highest BCUT2D eigenvalue weighted by molar-refractivity contribution is 7.92. The summed E-state index contributed by atoms with van der Waals surface area (Å²) < 4.78 is 25.2. The SMILES string of the molecule is CS(=O)(=O)N(CC(=O)NCCCN1CCCCC1)c1cc(Cl)c(Cl)cc1Cl. The van der Waals surface area contributed by atoms with Gasteiger partial charge in [0.05, 0.1) is 27.0 Å². The molecule has 6 nitrogen and oxygen atoms in total. The number of carbonyl (C=O) groups excluding carboxylic acids is 1. The van der Waals surface area contributed by atoms with Gasteiger partial charge in [-0.25, -0.2) is 8.42 Å². The lowest BCUT2D eigenvalue weighted by Gasteiger charge is -2.26. The van der Waals surface area contributed by atoms with Crippen LogP contribution >= 0.6 is 34.8 Å². The molecule has 1 amide bonds. The topological polar surface area (TPSA) is 69.7 Å². The maximum absolute atomic E-state index is 12.3. The first-order valence-corrected chi connectivity index (χ1v) is 11.8. The van der Waals surface area contributed by atoms with Crippen LogP contribution < -0.4 is 9.62 Å². The Morgan fingerprint density at radius 3 is 2.37 bits per heavy atom. The summed E-state index contributed by atoms with van der Waals surface area (Å²) in [6.45, 7) is 3.24. The molecule has 0 radical (unpaired) electrons. The Bertz CT molecular complexity index is 768. The van der Waals surface area contributed by atoms with Crippen LogP contribution in [0.25, 0.3) is 0 Å². The zero-order valence-electron chi connectivity index (χ0n) is 15.2. The molecule has 1 heterocycles. The number of benzene rings is 1. The number of halogens is 3. The second kappa shape index (κ2) is 10.2. The van der Waals surface area contributed by atoms with Crippen LogP contribution in [0.3, 0.4) is 0 Å². The maximum Gasteiger partial charge on any atom is 0.240 e. The van der Waals surface area contributed by atoms with E-state index >= 15 is 0 Å². The van der Waals surface area contributed by atoms with Gasteiger partial charge in [-0.3, -0.25) is 9.10 Å². The van der Waals surface area contributed by atoms with E-state index in [2.05, 4.69) is 10.2 Å². The van der Waals surface area contributed by atoms with Crippen molar-refractivity contribution in [1.29, 1.82) is 0 Å². The molecule has 1 fully saturated rings. The van der Waals surface area contributed by atoms with E-state index in [1.807, 2.05) is 0 Å². The van der Waals surface area contributed by atoms with E-state index in [4.69, 9.17) is 34.8 Å². The highest BCUT2D eigenvalue weighted by Gasteiger charge is 2.24. The third-order valence-corrected chi connectivity index (χ3v) is 6.52. The zero-order valence-corrected chi connectivity index (χ0v) is 18.3. The van der Waals surface area contributed by atoms with E-state index in [1.54, 1.807) is 0 Å². The number of carbonyl (C=O) groups is 1. The number of nitrogens with one attached hydrogen (secondary N) is 1. The lowest BCUT2D eigenvalue weighted by molar-refractivity contribution is -0.119. The number of hydrogen-bond acceptors (Lipinski definition) is 4. The molecule has 0 bridgehead atoms. The summed E-state index contributed by atoms with van der Waals surface area (Å²) in [4.78, 5) is 14.6. The van der Waals surface area contributed by atoms with Crippen LogP contribution in [-0.2, 0) is 14.8 Å². The number of piperidine rings is 1. The Balaban J connectivity index is 1.94. The number of nitrogens with zero attached hydrogens (tertiary/aromatic N) is 2. The standard InChI is InChI=1S/C17H24Cl3N3O3S/c1-27(25,26)23(16-11-14(19)13(18)10-15(16)20)12-17(24)21-6-5-9-22-7-3-2-4-8-22/h10-11H,2-9,12H2,1H3,(H,21,24). The minimum absolute atomic E-state index is 0.104. The zero-order chi connectivity index (χ0) is 20.0.